The number of hydrogen-bond acceptors (Lipinski definition) is 6. The second kappa shape index (κ2) is 7.71. The van der Waals surface area contributed by atoms with Gasteiger partial charge in [-0.3, -0.25) is 9.58 Å². The fourth-order valence-electron chi connectivity index (χ4n) is 3.36. The van der Waals surface area contributed by atoms with E-state index in [9.17, 15) is 0 Å². The zero-order valence-electron chi connectivity index (χ0n) is 15.6. The Morgan fingerprint density at radius 2 is 1.93 bits per heavy atom. The van der Waals surface area contributed by atoms with Crippen LogP contribution in [0, 0.1) is 6.92 Å². The predicted molar refractivity (Wildman–Crippen MR) is 104 cm³/mol. The first kappa shape index (κ1) is 17.4. The van der Waals surface area contributed by atoms with Crippen molar-refractivity contribution in [3.8, 4) is 5.82 Å². The molecule has 0 radical (unpaired) electrons. The van der Waals surface area contributed by atoms with E-state index in [4.69, 9.17) is 0 Å². The number of aromatic nitrogens is 6. The largest absolute Gasteiger partial charge is 0.354 e. The highest BCUT2D eigenvalue weighted by atomic mass is 15.3. The van der Waals surface area contributed by atoms with Gasteiger partial charge >= 0.3 is 0 Å². The van der Waals surface area contributed by atoms with Crippen molar-refractivity contribution in [2.75, 3.05) is 31.1 Å². The number of rotatable bonds is 6. The Morgan fingerprint density at radius 3 is 2.67 bits per heavy atom. The summed E-state index contributed by atoms with van der Waals surface area (Å²) in [5, 5.41) is 8.69. The maximum absolute atomic E-state index is 4.45. The summed E-state index contributed by atoms with van der Waals surface area (Å²) in [6.45, 7) is 11.5. The fourth-order valence-corrected chi connectivity index (χ4v) is 3.36. The summed E-state index contributed by atoms with van der Waals surface area (Å²) in [5.74, 6) is 1.74. The summed E-state index contributed by atoms with van der Waals surface area (Å²) in [4.78, 5) is 13.5. The van der Waals surface area contributed by atoms with Gasteiger partial charge in [0.15, 0.2) is 5.82 Å². The van der Waals surface area contributed by atoms with Crippen LogP contribution in [-0.2, 0) is 13.1 Å². The van der Waals surface area contributed by atoms with Crippen LogP contribution in [0.3, 0.4) is 0 Å². The Labute approximate surface area is 158 Å². The molecule has 8 nitrogen and oxygen atoms in total. The summed E-state index contributed by atoms with van der Waals surface area (Å²) in [6.07, 6.45) is 9.10. The molecular formula is C19H24N8. The standard InChI is InChI=1S/C19H24N8/c1-3-6-26-16(2)17(13-23-26)14-24-8-10-25(11-9-24)18-12-19(21-15-20-18)27-7-4-5-22-27/h3-5,7,12-13,15H,1,6,8-11,14H2,2H3. The molecule has 140 valence electrons. The first-order valence-corrected chi connectivity index (χ1v) is 9.16. The van der Waals surface area contributed by atoms with Crippen molar-refractivity contribution in [2.45, 2.75) is 20.0 Å². The van der Waals surface area contributed by atoms with Crippen LogP contribution in [0.2, 0.25) is 0 Å². The smallest absolute Gasteiger partial charge is 0.158 e. The quantitative estimate of drug-likeness (QED) is 0.620. The van der Waals surface area contributed by atoms with Crippen LogP contribution in [0.4, 0.5) is 5.82 Å². The highest BCUT2D eigenvalue weighted by Gasteiger charge is 2.20. The molecule has 4 rings (SSSR count). The number of allylic oxidation sites excluding steroid dienone is 1. The van der Waals surface area contributed by atoms with Gasteiger partial charge < -0.3 is 4.90 Å². The van der Waals surface area contributed by atoms with Crippen LogP contribution in [0.1, 0.15) is 11.3 Å². The molecule has 0 saturated carbocycles. The maximum atomic E-state index is 4.45. The minimum Gasteiger partial charge on any atom is -0.354 e. The Hall–Kier alpha value is -3.00. The third-order valence-electron chi connectivity index (χ3n) is 4.97. The lowest BCUT2D eigenvalue weighted by atomic mass is 10.2. The molecular weight excluding hydrogens is 340 g/mol. The number of anilines is 1. The minimum atomic E-state index is 0.756. The summed E-state index contributed by atoms with van der Waals surface area (Å²) >= 11 is 0. The van der Waals surface area contributed by atoms with E-state index in [1.165, 1.54) is 11.3 Å². The van der Waals surface area contributed by atoms with E-state index in [1.54, 1.807) is 17.2 Å². The van der Waals surface area contributed by atoms with Gasteiger partial charge in [0.2, 0.25) is 0 Å². The van der Waals surface area contributed by atoms with Gasteiger partial charge in [0.05, 0.1) is 12.7 Å². The predicted octanol–water partition coefficient (Wildman–Crippen LogP) is 1.68. The Balaban J connectivity index is 1.38. The normalized spacial score (nSPS) is 15.2. The Morgan fingerprint density at radius 1 is 1.11 bits per heavy atom. The van der Waals surface area contributed by atoms with E-state index in [0.29, 0.717) is 0 Å². The summed E-state index contributed by atoms with van der Waals surface area (Å²) in [5.41, 5.74) is 2.50. The van der Waals surface area contributed by atoms with Crippen molar-refractivity contribution < 1.29 is 0 Å². The maximum Gasteiger partial charge on any atom is 0.158 e. The highest BCUT2D eigenvalue weighted by molar-refractivity contribution is 5.43. The third kappa shape index (κ3) is 3.75. The molecule has 1 fully saturated rings. The molecule has 0 aliphatic carbocycles. The van der Waals surface area contributed by atoms with Crippen molar-refractivity contribution >= 4 is 5.82 Å². The molecule has 4 heterocycles. The van der Waals surface area contributed by atoms with Crippen molar-refractivity contribution in [1.82, 2.24) is 34.4 Å². The number of piperazine rings is 1. The zero-order chi connectivity index (χ0) is 18.6. The molecule has 0 spiro atoms. The summed E-state index contributed by atoms with van der Waals surface area (Å²) in [7, 11) is 0. The second-order valence-electron chi connectivity index (χ2n) is 6.67. The molecule has 0 unspecified atom stereocenters. The second-order valence-corrected chi connectivity index (χ2v) is 6.67. The van der Waals surface area contributed by atoms with E-state index in [-0.39, 0.29) is 0 Å². The first-order chi connectivity index (χ1) is 13.2. The molecule has 3 aromatic heterocycles. The molecule has 1 aliphatic rings. The van der Waals surface area contributed by atoms with Crippen molar-refractivity contribution in [1.29, 1.82) is 0 Å². The van der Waals surface area contributed by atoms with E-state index in [0.717, 1.165) is 50.9 Å². The van der Waals surface area contributed by atoms with Gasteiger partial charge in [-0.25, -0.2) is 14.6 Å². The molecule has 3 aromatic rings. The topological polar surface area (TPSA) is 67.9 Å². The van der Waals surface area contributed by atoms with Gasteiger partial charge in [-0.15, -0.1) is 6.58 Å². The molecule has 0 amide bonds. The fraction of sp³-hybridized carbons (Fsp3) is 0.368. The molecule has 1 aliphatic heterocycles. The molecule has 0 N–H and O–H groups in total. The minimum absolute atomic E-state index is 0.756. The van der Waals surface area contributed by atoms with Crippen LogP contribution in [0.5, 0.6) is 0 Å². The number of nitrogens with zero attached hydrogens (tertiary/aromatic N) is 8. The van der Waals surface area contributed by atoms with Crippen molar-refractivity contribution in [3.05, 3.63) is 61.0 Å². The van der Waals surface area contributed by atoms with Gasteiger partial charge in [0.1, 0.15) is 12.1 Å². The lowest BCUT2D eigenvalue weighted by molar-refractivity contribution is 0.248. The zero-order valence-corrected chi connectivity index (χ0v) is 15.6. The molecule has 0 bridgehead atoms. The van der Waals surface area contributed by atoms with Gasteiger partial charge in [-0.1, -0.05) is 6.08 Å². The molecule has 8 heteroatoms. The molecule has 0 aromatic carbocycles. The van der Waals surface area contributed by atoms with Gasteiger partial charge in [-0.2, -0.15) is 10.2 Å². The first-order valence-electron chi connectivity index (χ1n) is 9.16. The molecule has 1 saturated heterocycles. The summed E-state index contributed by atoms with van der Waals surface area (Å²) in [6, 6.07) is 3.88. The average molecular weight is 364 g/mol. The van der Waals surface area contributed by atoms with Crippen molar-refractivity contribution in [3.63, 3.8) is 0 Å². The van der Waals surface area contributed by atoms with Crippen LogP contribution in [0.25, 0.3) is 5.82 Å². The Bertz CT molecular complexity index is 890. The van der Waals surface area contributed by atoms with E-state index < -0.39 is 0 Å². The van der Waals surface area contributed by atoms with Crippen LogP contribution >= 0.6 is 0 Å². The van der Waals surface area contributed by atoms with Crippen LogP contribution in [0.15, 0.2) is 49.7 Å². The average Bonchev–Trinajstić information content (AvgIpc) is 3.35. The van der Waals surface area contributed by atoms with Crippen LogP contribution < -0.4 is 4.90 Å². The van der Waals surface area contributed by atoms with Crippen LogP contribution in [-0.4, -0.2) is 60.6 Å². The third-order valence-corrected chi connectivity index (χ3v) is 4.97. The highest BCUT2D eigenvalue weighted by Crippen LogP contribution is 2.17. The van der Waals surface area contributed by atoms with E-state index in [2.05, 4.69) is 43.5 Å². The lowest BCUT2D eigenvalue weighted by Crippen LogP contribution is -2.46. The van der Waals surface area contributed by atoms with Gasteiger partial charge in [0.25, 0.3) is 0 Å². The molecule has 0 atom stereocenters. The molecule has 27 heavy (non-hydrogen) atoms. The van der Waals surface area contributed by atoms with E-state index >= 15 is 0 Å². The monoisotopic (exact) mass is 364 g/mol. The SMILES string of the molecule is C=CCn1ncc(CN2CCN(c3cc(-n4cccn4)ncn3)CC2)c1C. The Kier molecular flexibility index (Phi) is 4.97. The van der Waals surface area contributed by atoms with Gasteiger partial charge in [-0.05, 0) is 13.0 Å². The summed E-state index contributed by atoms with van der Waals surface area (Å²) < 4.78 is 3.75. The van der Waals surface area contributed by atoms with Crippen molar-refractivity contribution in [2.24, 2.45) is 0 Å². The van der Waals surface area contributed by atoms with Gasteiger partial charge in [0, 0.05) is 62.4 Å². The number of hydrogen-bond donors (Lipinski definition) is 0. The lowest BCUT2D eigenvalue weighted by Gasteiger charge is -2.35. The van der Waals surface area contributed by atoms with E-state index in [1.807, 2.05) is 35.3 Å².